The van der Waals surface area contributed by atoms with Crippen LogP contribution in [0.15, 0.2) is 52.8 Å². The van der Waals surface area contributed by atoms with Gasteiger partial charge in [0.05, 0.1) is 24.0 Å². The van der Waals surface area contributed by atoms with Crippen LogP contribution in [-0.4, -0.2) is 14.1 Å². The summed E-state index contributed by atoms with van der Waals surface area (Å²) in [5.74, 6) is 0.833. The third-order valence-electron chi connectivity index (χ3n) is 2.88. The summed E-state index contributed by atoms with van der Waals surface area (Å²) in [6, 6.07) is 12.0. The summed E-state index contributed by atoms with van der Waals surface area (Å²) in [4.78, 5) is 2.03. The largest absolute Gasteiger partial charge is 0.376 e. The zero-order valence-corrected chi connectivity index (χ0v) is 11.8. The van der Waals surface area contributed by atoms with Crippen LogP contribution in [0.4, 0.5) is 17.2 Å². The van der Waals surface area contributed by atoms with Crippen LogP contribution in [0.25, 0.3) is 0 Å². The molecule has 19 heavy (non-hydrogen) atoms. The van der Waals surface area contributed by atoms with E-state index in [1.165, 1.54) is 5.56 Å². The summed E-state index contributed by atoms with van der Waals surface area (Å²) in [5, 5.41) is 8.67. The molecule has 2 aromatic rings. The Morgan fingerprint density at radius 1 is 1.00 bits per heavy atom. The van der Waals surface area contributed by atoms with Crippen LogP contribution in [0.3, 0.4) is 0 Å². The maximum absolute atomic E-state index is 4.35. The Bertz CT molecular complexity index is 603. The molecule has 98 valence electrons. The molecule has 0 N–H and O–H groups in total. The molecule has 1 aromatic heterocycles. The molecule has 0 bridgehead atoms. The lowest BCUT2D eigenvalue weighted by molar-refractivity contribution is -0.658. The lowest BCUT2D eigenvalue weighted by Gasteiger charge is -2.12. The van der Waals surface area contributed by atoms with Crippen molar-refractivity contribution in [2.24, 2.45) is 17.3 Å². The number of rotatable bonds is 3. The average Bonchev–Trinajstić information content (AvgIpc) is 2.38. The van der Waals surface area contributed by atoms with E-state index >= 15 is 0 Å². The van der Waals surface area contributed by atoms with Gasteiger partial charge in [0.15, 0.2) is 0 Å². The van der Waals surface area contributed by atoms with Crippen LogP contribution in [0.1, 0.15) is 5.56 Å². The molecule has 0 radical (unpaired) electrons. The van der Waals surface area contributed by atoms with Gasteiger partial charge < -0.3 is 4.90 Å². The van der Waals surface area contributed by atoms with Gasteiger partial charge in [-0.15, -0.1) is 0 Å². The number of azo groups is 1. The summed E-state index contributed by atoms with van der Waals surface area (Å²) < 4.78 is 1.97. The Hall–Kier alpha value is -2.23. The number of benzene rings is 1. The number of anilines is 1. The first-order valence-corrected chi connectivity index (χ1v) is 6.22. The summed E-state index contributed by atoms with van der Waals surface area (Å²) >= 11 is 0. The quantitative estimate of drug-likeness (QED) is 0.611. The van der Waals surface area contributed by atoms with E-state index in [9.17, 15) is 0 Å². The van der Waals surface area contributed by atoms with Gasteiger partial charge >= 0.3 is 5.82 Å². The molecule has 0 spiro atoms. The van der Waals surface area contributed by atoms with Crippen molar-refractivity contribution in [3.05, 3.63) is 48.2 Å². The summed E-state index contributed by atoms with van der Waals surface area (Å²) in [6.45, 7) is 2.06. The Kier molecular flexibility index (Phi) is 3.90. The van der Waals surface area contributed by atoms with E-state index in [1.54, 1.807) is 0 Å². The van der Waals surface area contributed by atoms with E-state index < -0.39 is 0 Å². The number of hydrogen-bond acceptors (Lipinski definition) is 3. The van der Waals surface area contributed by atoms with Gasteiger partial charge in [-0.2, -0.15) is 0 Å². The molecule has 0 atom stereocenters. The van der Waals surface area contributed by atoms with Crippen LogP contribution in [-0.2, 0) is 7.05 Å². The first-order valence-electron chi connectivity index (χ1n) is 6.22. The van der Waals surface area contributed by atoms with Crippen molar-refractivity contribution in [2.45, 2.75) is 6.92 Å². The van der Waals surface area contributed by atoms with Gasteiger partial charge in [0.2, 0.25) is 0 Å². The van der Waals surface area contributed by atoms with Gasteiger partial charge in [-0.25, -0.2) is 4.57 Å². The zero-order chi connectivity index (χ0) is 13.8. The number of pyridine rings is 1. The SMILES string of the molecule is Cc1ccc(N=Nc2ccccc2N(C)C)[n+](C)c1. The van der Waals surface area contributed by atoms with Gasteiger partial charge in [-0.1, -0.05) is 12.1 Å². The summed E-state index contributed by atoms with van der Waals surface area (Å²) in [7, 11) is 5.97. The molecule has 0 amide bonds. The van der Waals surface area contributed by atoms with Gasteiger partial charge in [0.1, 0.15) is 5.69 Å². The van der Waals surface area contributed by atoms with E-state index in [1.807, 2.05) is 73.2 Å². The lowest BCUT2D eigenvalue weighted by Crippen LogP contribution is -2.27. The molecule has 4 heteroatoms. The predicted octanol–water partition coefficient (Wildman–Crippen LogP) is 3.30. The monoisotopic (exact) mass is 255 g/mol. The Labute approximate surface area is 114 Å². The zero-order valence-electron chi connectivity index (χ0n) is 11.8. The Balaban J connectivity index is 2.33. The summed E-state index contributed by atoms with van der Waals surface area (Å²) in [6.07, 6.45) is 2.03. The van der Waals surface area contributed by atoms with Gasteiger partial charge in [-0.05, 0) is 35.8 Å². The maximum atomic E-state index is 4.35. The van der Waals surface area contributed by atoms with Crippen molar-refractivity contribution in [1.29, 1.82) is 0 Å². The van der Waals surface area contributed by atoms with E-state index in [0.29, 0.717) is 0 Å². The van der Waals surface area contributed by atoms with Crippen molar-refractivity contribution in [2.75, 3.05) is 19.0 Å². The van der Waals surface area contributed by atoms with Crippen LogP contribution in [0, 0.1) is 6.92 Å². The number of aryl methyl sites for hydroxylation is 2. The van der Waals surface area contributed by atoms with Crippen LogP contribution in [0.2, 0.25) is 0 Å². The van der Waals surface area contributed by atoms with Crippen LogP contribution >= 0.6 is 0 Å². The molecule has 1 aromatic carbocycles. The molecule has 1 heterocycles. The smallest absolute Gasteiger partial charge is 0.350 e. The van der Waals surface area contributed by atoms with Crippen LogP contribution < -0.4 is 9.47 Å². The van der Waals surface area contributed by atoms with Crippen molar-refractivity contribution >= 4 is 17.2 Å². The fraction of sp³-hybridized carbons (Fsp3) is 0.267. The average molecular weight is 255 g/mol. The first kappa shape index (κ1) is 13.2. The molecule has 0 aliphatic heterocycles. The maximum Gasteiger partial charge on any atom is 0.350 e. The molecule has 0 fully saturated rings. The second-order valence-electron chi connectivity index (χ2n) is 4.76. The topological polar surface area (TPSA) is 31.8 Å². The highest BCUT2D eigenvalue weighted by Crippen LogP contribution is 2.27. The van der Waals surface area contributed by atoms with Gasteiger partial charge in [0.25, 0.3) is 0 Å². The normalized spacial score (nSPS) is 10.9. The van der Waals surface area contributed by atoms with Crippen LogP contribution in [0.5, 0.6) is 0 Å². The lowest BCUT2D eigenvalue weighted by atomic mass is 10.2. The molecule has 2 rings (SSSR count). The fourth-order valence-electron chi connectivity index (χ4n) is 1.87. The number of hydrogen-bond donors (Lipinski definition) is 0. The molecular formula is C15H19N4+. The standard InChI is InChI=1S/C15H19N4/c1-12-9-10-15(19(4)11-12)17-16-13-7-5-6-8-14(13)18(2)3/h5-11H,1-4H3/q+1. The first-order chi connectivity index (χ1) is 9.08. The molecule has 0 saturated heterocycles. The number of nitrogens with zero attached hydrogens (tertiary/aromatic N) is 4. The molecular weight excluding hydrogens is 236 g/mol. The molecule has 4 nitrogen and oxygen atoms in total. The molecule has 0 aliphatic rings. The van der Waals surface area contributed by atoms with Crippen molar-refractivity contribution in [3.8, 4) is 0 Å². The number of para-hydroxylation sites is 1. The minimum Gasteiger partial charge on any atom is -0.376 e. The minimum absolute atomic E-state index is 0.833. The highest BCUT2D eigenvalue weighted by atomic mass is 15.2. The molecule has 0 saturated carbocycles. The highest BCUT2D eigenvalue weighted by molar-refractivity contribution is 5.65. The molecule has 0 unspecified atom stereocenters. The Morgan fingerprint density at radius 2 is 1.74 bits per heavy atom. The predicted molar refractivity (Wildman–Crippen MR) is 77.3 cm³/mol. The number of aromatic nitrogens is 1. The van der Waals surface area contributed by atoms with E-state index in [-0.39, 0.29) is 0 Å². The third-order valence-corrected chi connectivity index (χ3v) is 2.88. The van der Waals surface area contributed by atoms with Gasteiger partial charge in [-0.3, -0.25) is 0 Å². The van der Waals surface area contributed by atoms with Crippen molar-refractivity contribution in [3.63, 3.8) is 0 Å². The van der Waals surface area contributed by atoms with Gasteiger partial charge in [0, 0.05) is 20.2 Å². The second kappa shape index (κ2) is 5.61. The van der Waals surface area contributed by atoms with Crippen molar-refractivity contribution < 1.29 is 4.57 Å². The molecule has 0 aliphatic carbocycles. The van der Waals surface area contributed by atoms with E-state index in [2.05, 4.69) is 17.2 Å². The second-order valence-corrected chi connectivity index (χ2v) is 4.76. The highest BCUT2D eigenvalue weighted by Gasteiger charge is 2.08. The van der Waals surface area contributed by atoms with E-state index in [4.69, 9.17) is 0 Å². The fourth-order valence-corrected chi connectivity index (χ4v) is 1.87. The minimum atomic E-state index is 0.833. The third kappa shape index (κ3) is 3.16. The Morgan fingerprint density at radius 3 is 2.42 bits per heavy atom. The summed E-state index contributed by atoms with van der Waals surface area (Å²) in [5.41, 5.74) is 3.13. The van der Waals surface area contributed by atoms with E-state index in [0.717, 1.165) is 17.2 Å². The van der Waals surface area contributed by atoms with Crippen molar-refractivity contribution in [1.82, 2.24) is 0 Å².